The molecule has 0 saturated carbocycles. The molecule has 1 N–H and O–H groups in total. The van der Waals surface area contributed by atoms with Crippen LogP contribution >= 0.6 is 0 Å². The fraction of sp³-hybridized carbons (Fsp3) is 0.143. The molecule has 0 radical (unpaired) electrons. The highest BCUT2D eigenvalue weighted by Gasteiger charge is 2.15. The molecule has 6 heteroatoms. The highest BCUT2D eigenvalue weighted by Crippen LogP contribution is 2.30. The molecule has 5 aromatic rings. The minimum atomic E-state index is 0.405. The van der Waals surface area contributed by atoms with E-state index in [-0.39, 0.29) is 0 Å². The lowest BCUT2D eigenvalue weighted by atomic mass is 10.1. The van der Waals surface area contributed by atoms with E-state index in [1.165, 1.54) is 5.52 Å². The van der Waals surface area contributed by atoms with Gasteiger partial charge in [-0.2, -0.15) is 9.71 Å². The number of fused-ring (bicyclic) bond motifs is 2. The monoisotopic (exact) mass is 358 g/mol. The fourth-order valence-corrected chi connectivity index (χ4v) is 3.55. The van der Waals surface area contributed by atoms with E-state index in [1.807, 2.05) is 30.3 Å². The van der Waals surface area contributed by atoms with Gasteiger partial charge in [0.1, 0.15) is 0 Å². The van der Waals surface area contributed by atoms with Crippen LogP contribution in [0.5, 0.6) is 0 Å². The van der Waals surface area contributed by atoms with E-state index >= 15 is 0 Å². The van der Waals surface area contributed by atoms with Gasteiger partial charge >= 0.3 is 0 Å². The van der Waals surface area contributed by atoms with Gasteiger partial charge in [0.2, 0.25) is 5.82 Å². The van der Waals surface area contributed by atoms with Gasteiger partial charge in [-0.3, -0.25) is 0 Å². The molecule has 0 spiro atoms. The van der Waals surface area contributed by atoms with Gasteiger partial charge in [0.05, 0.1) is 5.52 Å². The third-order valence-electron chi connectivity index (χ3n) is 4.90. The second-order valence-corrected chi connectivity index (χ2v) is 6.91. The maximum Gasteiger partial charge on any atom is 0.258 e. The number of aromatic nitrogens is 4. The van der Waals surface area contributed by atoms with Crippen molar-refractivity contribution in [2.75, 3.05) is 0 Å². The van der Waals surface area contributed by atoms with Gasteiger partial charge < -0.3 is 14.3 Å². The molecule has 3 aromatic heterocycles. The van der Waals surface area contributed by atoms with Gasteiger partial charge in [-0.05, 0) is 50.2 Å². The first-order chi connectivity index (χ1) is 13.1. The Morgan fingerprint density at radius 2 is 1.89 bits per heavy atom. The zero-order valence-corrected chi connectivity index (χ0v) is 15.0. The molecule has 6 nitrogen and oxygen atoms in total. The summed E-state index contributed by atoms with van der Waals surface area (Å²) < 4.78 is 8.85. The second kappa shape index (κ2) is 5.74. The topological polar surface area (TPSA) is 69.0 Å². The average molecular weight is 358 g/mol. The minimum absolute atomic E-state index is 0.405. The predicted molar refractivity (Wildman–Crippen MR) is 104 cm³/mol. The van der Waals surface area contributed by atoms with Crippen molar-refractivity contribution < 1.29 is 9.73 Å². The number of hydrogen-bond acceptors (Lipinski definition) is 4. The number of hydrogen-bond donors (Lipinski definition) is 1. The molecule has 0 aliphatic heterocycles. The molecule has 0 fully saturated rings. The van der Waals surface area contributed by atoms with Crippen LogP contribution in [0.1, 0.15) is 19.9 Å². The molecule has 0 saturated heterocycles. The Morgan fingerprint density at radius 1 is 1.00 bits per heavy atom. The van der Waals surface area contributed by atoms with Crippen LogP contribution in [0.3, 0.4) is 0 Å². The van der Waals surface area contributed by atoms with Crippen LogP contribution in [0.2, 0.25) is 0 Å². The van der Waals surface area contributed by atoms with E-state index < -0.39 is 0 Å². The van der Waals surface area contributed by atoms with E-state index in [0.29, 0.717) is 23.3 Å². The van der Waals surface area contributed by atoms with Crippen molar-refractivity contribution in [1.29, 1.82) is 0 Å². The van der Waals surface area contributed by atoms with E-state index in [4.69, 9.17) is 4.52 Å². The van der Waals surface area contributed by atoms with Crippen molar-refractivity contribution in [2.45, 2.75) is 19.9 Å². The molecule has 0 amide bonds. The highest BCUT2D eigenvalue weighted by molar-refractivity contribution is 5.93. The largest absolute Gasteiger partial charge is 0.428 e. The smallest absolute Gasteiger partial charge is 0.258 e. The van der Waals surface area contributed by atoms with Crippen molar-refractivity contribution >= 4 is 21.8 Å². The molecule has 0 aliphatic carbocycles. The van der Waals surface area contributed by atoms with Gasteiger partial charge in [-0.1, -0.05) is 17.3 Å². The Morgan fingerprint density at radius 3 is 2.74 bits per heavy atom. The molecule has 3 heterocycles. The molecule has 5 rings (SSSR count). The van der Waals surface area contributed by atoms with E-state index in [0.717, 1.165) is 26.6 Å². The molecular weight excluding hydrogens is 340 g/mol. The lowest BCUT2D eigenvalue weighted by Crippen LogP contribution is -1.97. The molecule has 0 unspecified atom stereocenters. The standard InChI is InChI=1S/C21H18N4O2/c1-13(2)24-10-8-14-12-15(6-7-18(14)24)21-22-20(23-27-21)17-4-3-5-19-16(17)9-11-25(19)26/h3-13,26H,1-2H3. The molecule has 0 bridgehead atoms. The quantitative estimate of drug-likeness (QED) is 0.454. The van der Waals surface area contributed by atoms with E-state index in [9.17, 15) is 5.21 Å². The Kier molecular flexibility index (Phi) is 3.33. The predicted octanol–water partition coefficient (Wildman–Crippen LogP) is 5.13. The third-order valence-corrected chi connectivity index (χ3v) is 4.90. The zero-order chi connectivity index (χ0) is 18.5. The van der Waals surface area contributed by atoms with Gasteiger partial charge in [0, 0.05) is 45.9 Å². The highest BCUT2D eigenvalue weighted by atomic mass is 16.5. The van der Waals surface area contributed by atoms with Crippen molar-refractivity contribution in [3.05, 3.63) is 60.9 Å². The molecular formula is C21H18N4O2. The first kappa shape index (κ1) is 15.7. The van der Waals surface area contributed by atoms with Crippen LogP contribution in [-0.2, 0) is 0 Å². The summed E-state index contributed by atoms with van der Waals surface area (Å²) in [6.07, 6.45) is 3.70. The Hall–Kier alpha value is -3.54. The molecule has 134 valence electrons. The molecule has 27 heavy (non-hydrogen) atoms. The Labute approximate surface area is 155 Å². The van der Waals surface area contributed by atoms with Crippen molar-refractivity contribution in [3.8, 4) is 22.8 Å². The fourth-order valence-electron chi connectivity index (χ4n) is 3.55. The molecule has 0 aliphatic rings. The maximum atomic E-state index is 9.86. The molecule has 0 atom stereocenters. The summed E-state index contributed by atoms with van der Waals surface area (Å²) in [5.41, 5.74) is 3.59. The summed E-state index contributed by atoms with van der Waals surface area (Å²) in [5.74, 6) is 0.978. The third kappa shape index (κ3) is 2.41. The summed E-state index contributed by atoms with van der Waals surface area (Å²) in [7, 11) is 0. The van der Waals surface area contributed by atoms with Gasteiger partial charge in [-0.25, -0.2) is 0 Å². The molecule has 2 aromatic carbocycles. The minimum Gasteiger partial charge on any atom is -0.428 e. The average Bonchev–Trinajstić information content (AvgIpc) is 3.39. The summed E-state index contributed by atoms with van der Waals surface area (Å²) in [6.45, 7) is 4.33. The first-order valence-corrected chi connectivity index (χ1v) is 8.86. The summed E-state index contributed by atoms with van der Waals surface area (Å²) in [5, 5.41) is 16.0. The van der Waals surface area contributed by atoms with Crippen LogP contribution in [-0.4, -0.2) is 24.6 Å². The number of benzene rings is 2. The Balaban J connectivity index is 1.58. The SMILES string of the molecule is CC(C)n1ccc2cc(-c3nc(-c4cccc5c4ccn5O)no3)ccc21. The second-order valence-electron chi connectivity index (χ2n) is 6.91. The Bertz CT molecular complexity index is 1280. The lowest BCUT2D eigenvalue weighted by molar-refractivity contribution is 0.200. The van der Waals surface area contributed by atoms with Gasteiger partial charge in [0.15, 0.2) is 0 Å². The number of nitrogens with zero attached hydrogens (tertiary/aromatic N) is 4. The van der Waals surface area contributed by atoms with Crippen molar-refractivity contribution in [1.82, 2.24) is 19.4 Å². The van der Waals surface area contributed by atoms with Gasteiger partial charge in [-0.15, -0.1) is 0 Å². The number of rotatable bonds is 3. The van der Waals surface area contributed by atoms with Crippen LogP contribution in [0, 0.1) is 0 Å². The van der Waals surface area contributed by atoms with Gasteiger partial charge in [0.25, 0.3) is 5.89 Å². The van der Waals surface area contributed by atoms with Crippen LogP contribution < -0.4 is 0 Å². The van der Waals surface area contributed by atoms with Crippen LogP contribution in [0.15, 0.2) is 65.4 Å². The maximum absolute atomic E-state index is 9.86. The van der Waals surface area contributed by atoms with Crippen molar-refractivity contribution in [2.24, 2.45) is 0 Å². The van der Waals surface area contributed by atoms with Crippen LogP contribution in [0.4, 0.5) is 0 Å². The summed E-state index contributed by atoms with van der Waals surface area (Å²) >= 11 is 0. The zero-order valence-electron chi connectivity index (χ0n) is 15.0. The van der Waals surface area contributed by atoms with E-state index in [2.05, 4.69) is 53.0 Å². The summed E-state index contributed by atoms with van der Waals surface area (Å²) in [4.78, 5) is 4.58. The van der Waals surface area contributed by atoms with Crippen molar-refractivity contribution in [3.63, 3.8) is 0 Å². The first-order valence-electron chi connectivity index (χ1n) is 8.86. The van der Waals surface area contributed by atoms with Crippen LogP contribution in [0.25, 0.3) is 44.6 Å². The summed E-state index contributed by atoms with van der Waals surface area (Å²) in [6, 6.07) is 16.1. The van der Waals surface area contributed by atoms with E-state index in [1.54, 1.807) is 6.20 Å². The normalized spacial score (nSPS) is 11.8. The lowest BCUT2D eigenvalue weighted by Gasteiger charge is -2.09.